The molecule has 4 rings (SSSR count). The molecule has 1 aliphatic rings. The van der Waals surface area contributed by atoms with E-state index >= 15 is 0 Å². The topological polar surface area (TPSA) is 105 Å². The molecule has 7 nitrogen and oxygen atoms in total. The number of oxazole rings is 1. The van der Waals surface area contributed by atoms with Gasteiger partial charge in [-0.1, -0.05) is 6.92 Å². The molecule has 1 aromatic carbocycles. The second-order valence-electron chi connectivity index (χ2n) is 7.41. The van der Waals surface area contributed by atoms with Gasteiger partial charge in [-0.3, -0.25) is 14.2 Å². The number of nitrogens with one attached hydrogen (secondary N) is 1. The molecule has 2 heterocycles. The molecule has 0 saturated heterocycles. The molecule has 0 aliphatic heterocycles. The second kappa shape index (κ2) is 7.33. The Morgan fingerprint density at radius 2 is 2.21 bits per heavy atom. The van der Waals surface area contributed by atoms with Gasteiger partial charge in [-0.25, -0.2) is 4.79 Å². The van der Waals surface area contributed by atoms with Gasteiger partial charge in [0.15, 0.2) is 11.4 Å². The highest BCUT2D eigenvalue weighted by Gasteiger charge is 2.25. The summed E-state index contributed by atoms with van der Waals surface area (Å²) in [7, 11) is 0. The minimum absolute atomic E-state index is 0.139. The van der Waals surface area contributed by atoms with Crippen molar-refractivity contribution < 1.29 is 14.0 Å². The van der Waals surface area contributed by atoms with E-state index in [1.165, 1.54) is 28.9 Å². The van der Waals surface area contributed by atoms with Gasteiger partial charge in [0, 0.05) is 10.4 Å². The van der Waals surface area contributed by atoms with Crippen molar-refractivity contribution in [2.45, 2.75) is 39.7 Å². The van der Waals surface area contributed by atoms with Crippen LogP contribution in [-0.2, 0) is 24.2 Å². The van der Waals surface area contributed by atoms with E-state index in [9.17, 15) is 19.6 Å². The molecule has 0 bridgehead atoms. The number of benzene rings is 1. The van der Waals surface area contributed by atoms with Crippen molar-refractivity contribution in [3.05, 3.63) is 50.3 Å². The number of nitrogens with zero attached hydrogens (tertiary/aromatic N) is 2. The van der Waals surface area contributed by atoms with Gasteiger partial charge in [-0.05, 0) is 55.9 Å². The largest absolute Gasteiger partial charge is 0.420 e. The van der Waals surface area contributed by atoms with Crippen LogP contribution in [0.4, 0.5) is 5.00 Å². The summed E-state index contributed by atoms with van der Waals surface area (Å²) < 4.78 is 6.41. The third-order valence-corrected chi connectivity index (χ3v) is 6.42. The molecular weight excluding hydrogens is 390 g/mol. The summed E-state index contributed by atoms with van der Waals surface area (Å²) in [5.74, 6) is -0.656. The predicted molar refractivity (Wildman–Crippen MR) is 109 cm³/mol. The molecule has 1 unspecified atom stereocenters. The van der Waals surface area contributed by atoms with Gasteiger partial charge in [0.05, 0.1) is 11.1 Å². The lowest BCUT2D eigenvalue weighted by molar-refractivity contribution is -0.116. The number of thiophene rings is 1. The van der Waals surface area contributed by atoms with Crippen molar-refractivity contribution in [2.24, 2.45) is 5.92 Å². The van der Waals surface area contributed by atoms with Gasteiger partial charge in [0.1, 0.15) is 17.6 Å². The lowest BCUT2D eigenvalue weighted by Crippen LogP contribution is -2.24. The van der Waals surface area contributed by atoms with Crippen molar-refractivity contribution in [1.29, 1.82) is 5.26 Å². The molecule has 1 amide bonds. The molecule has 0 saturated carbocycles. The Balaban J connectivity index is 1.60. The Bertz CT molecular complexity index is 1240. The Morgan fingerprint density at radius 3 is 2.93 bits per heavy atom. The summed E-state index contributed by atoms with van der Waals surface area (Å²) in [4.78, 5) is 37.5. The number of fused-ring (bicyclic) bond motifs is 2. The molecule has 1 atom stereocenters. The number of hydrogen-bond acceptors (Lipinski definition) is 6. The SMILES string of the molecule is CC(=O)c1ccc2c(c1)oc(=O)n2CC(=O)Nc1sc2c(c1C#N)CCC(C)C2. The zero-order valence-electron chi connectivity index (χ0n) is 16.1. The maximum atomic E-state index is 12.6. The van der Waals surface area contributed by atoms with Crippen molar-refractivity contribution in [3.63, 3.8) is 0 Å². The number of aromatic nitrogens is 1. The van der Waals surface area contributed by atoms with E-state index in [4.69, 9.17) is 4.42 Å². The van der Waals surface area contributed by atoms with Crippen molar-refractivity contribution in [1.82, 2.24) is 4.57 Å². The maximum absolute atomic E-state index is 12.6. The molecule has 148 valence electrons. The normalized spacial score (nSPS) is 15.7. The minimum Gasteiger partial charge on any atom is -0.408 e. The van der Waals surface area contributed by atoms with Gasteiger partial charge >= 0.3 is 5.76 Å². The fraction of sp³-hybridized carbons (Fsp3) is 0.333. The summed E-state index contributed by atoms with van der Waals surface area (Å²) in [6.07, 6.45) is 2.79. The van der Waals surface area contributed by atoms with Crippen molar-refractivity contribution >= 4 is 39.1 Å². The van der Waals surface area contributed by atoms with E-state index < -0.39 is 11.7 Å². The van der Waals surface area contributed by atoms with E-state index in [1.807, 2.05) is 0 Å². The molecule has 1 aliphatic carbocycles. The molecule has 3 aromatic rings. The average molecular weight is 409 g/mol. The number of carbonyl (C=O) groups excluding carboxylic acids is 2. The van der Waals surface area contributed by atoms with Crippen LogP contribution in [0.2, 0.25) is 0 Å². The molecule has 8 heteroatoms. The number of carbonyl (C=O) groups is 2. The number of nitriles is 1. The van der Waals surface area contributed by atoms with Crippen molar-refractivity contribution in [2.75, 3.05) is 5.32 Å². The third kappa shape index (κ3) is 3.49. The van der Waals surface area contributed by atoms with Crippen LogP contribution in [0.5, 0.6) is 0 Å². The Hall–Kier alpha value is -3.18. The highest BCUT2D eigenvalue weighted by molar-refractivity contribution is 7.16. The number of Topliss-reactive ketones (excluding diaryl/α,β-unsaturated/α-hetero) is 1. The van der Waals surface area contributed by atoms with E-state index in [0.29, 0.717) is 27.6 Å². The summed E-state index contributed by atoms with van der Waals surface area (Å²) in [6.45, 7) is 3.37. The van der Waals surface area contributed by atoms with Crippen LogP contribution < -0.4 is 11.1 Å². The Labute approximate surface area is 170 Å². The standard InChI is InChI=1S/C21H19N3O4S/c1-11-3-5-14-15(9-22)20(29-18(14)7-11)23-19(26)10-24-16-6-4-13(12(2)25)8-17(16)28-21(24)27/h4,6,8,11H,3,5,7,10H2,1-2H3,(H,23,26). The van der Waals surface area contributed by atoms with Crippen LogP contribution in [0.3, 0.4) is 0 Å². The molecule has 29 heavy (non-hydrogen) atoms. The first kappa shape index (κ1) is 19.2. The molecule has 0 fully saturated rings. The Morgan fingerprint density at radius 1 is 1.41 bits per heavy atom. The van der Waals surface area contributed by atoms with Crippen molar-refractivity contribution in [3.8, 4) is 6.07 Å². The van der Waals surface area contributed by atoms with Crippen LogP contribution in [0.15, 0.2) is 27.4 Å². The fourth-order valence-corrected chi connectivity index (χ4v) is 5.08. The molecule has 1 N–H and O–H groups in total. The van der Waals surface area contributed by atoms with Crippen LogP contribution in [0.1, 0.15) is 46.6 Å². The van der Waals surface area contributed by atoms with E-state index in [-0.39, 0.29) is 17.9 Å². The summed E-state index contributed by atoms with van der Waals surface area (Å²) >= 11 is 1.44. The first-order valence-electron chi connectivity index (χ1n) is 9.36. The molecular formula is C21H19N3O4S. The second-order valence-corrected chi connectivity index (χ2v) is 8.51. The fourth-order valence-electron chi connectivity index (χ4n) is 3.70. The number of anilines is 1. The smallest absolute Gasteiger partial charge is 0.408 e. The van der Waals surface area contributed by atoms with E-state index in [1.54, 1.807) is 12.1 Å². The first-order chi connectivity index (χ1) is 13.9. The highest BCUT2D eigenvalue weighted by Crippen LogP contribution is 2.39. The molecule has 0 radical (unpaired) electrons. The average Bonchev–Trinajstić information content (AvgIpc) is 3.17. The van der Waals surface area contributed by atoms with Crippen LogP contribution in [0, 0.1) is 17.2 Å². The number of amides is 1. The zero-order chi connectivity index (χ0) is 20.7. The highest BCUT2D eigenvalue weighted by atomic mass is 32.1. The monoisotopic (exact) mass is 409 g/mol. The number of ketones is 1. The van der Waals surface area contributed by atoms with Gasteiger partial charge in [0.2, 0.25) is 5.91 Å². The summed E-state index contributed by atoms with van der Waals surface area (Å²) in [6, 6.07) is 6.90. The lowest BCUT2D eigenvalue weighted by Gasteiger charge is -2.17. The van der Waals surface area contributed by atoms with Gasteiger partial charge in [0.25, 0.3) is 0 Å². The van der Waals surface area contributed by atoms with Gasteiger partial charge < -0.3 is 9.73 Å². The Kier molecular flexibility index (Phi) is 4.84. The number of hydrogen-bond donors (Lipinski definition) is 1. The zero-order valence-corrected chi connectivity index (χ0v) is 16.9. The van der Waals surface area contributed by atoms with Crippen LogP contribution in [0.25, 0.3) is 11.1 Å². The van der Waals surface area contributed by atoms with Crippen LogP contribution >= 0.6 is 11.3 Å². The third-order valence-electron chi connectivity index (χ3n) is 5.25. The summed E-state index contributed by atoms with van der Waals surface area (Å²) in [5, 5.41) is 12.9. The van der Waals surface area contributed by atoms with Gasteiger partial charge in [-0.15, -0.1) is 11.3 Å². The maximum Gasteiger partial charge on any atom is 0.420 e. The quantitative estimate of drug-likeness (QED) is 0.664. The molecule has 0 spiro atoms. The van der Waals surface area contributed by atoms with E-state index in [2.05, 4.69) is 18.3 Å². The van der Waals surface area contributed by atoms with Crippen LogP contribution in [-0.4, -0.2) is 16.3 Å². The lowest BCUT2D eigenvalue weighted by atomic mass is 9.89. The van der Waals surface area contributed by atoms with Gasteiger partial charge in [-0.2, -0.15) is 5.26 Å². The first-order valence-corrected chi connectivity index (χ1v) is 10.2. The minimum atomic E-state index is -0.671. The molecule has 2 aromatic heterocycles. The number of rotatable bonds is 4. The predicted octanol–water partition coefficient (Wildman–Crippen LogP) is 3.49. The van der Waals surface area contributed by atoms with E-state index in [0.717, 1.165) is 29.7 Å². The summed E-state index contributed by atoms with van der Waals surface area (Å²) in [5.41, 5.74) is 2.69.